The van der Waals surface area contributed by atoms with Gasteiger partial charge in [-0.2, -0.15) is 0 Å². The molecule has 0 amide bonds. The van der Waals surface area contributed by atoms with Gasteiger partial charge in [-0.3, -0.25) is 4.99 Å². The van der Waals surface area contributed by atoms with Gasteiger partial charge in [0.1, 0.15) is 0 Å². The van der Waals surface area contributed by atoms with Gasteiger partial charge in [0.25, 0.3) is 0 Å². The summed E-state index contributed by atoms with van der Waals surface area (Å²) in [5.41, 5.74) is 1.15. The zero-order valence-electron chi connectivity index (χ0n) is 9.85. The van der Waals surface area contributed by atoms with Crippen LogP contribution < -0.4 is 5.32 Å². The molecule has 4 heteroatoms. The number of thioether (sulfide) groups is 2. The van der Waals surface area contributed by atoms with E-state index in [-0.39, 0.29) is 0 Å². The van der Waals surface area contributed by atoms with Crippen molar-refractivity contribution in [1.29, 1.82) is 0 Å². The first-order chi connectivity index (χ1) is 8.35. The molecule has 2 aliphatic rings. The molecule has 1 fully saturated rings. The number of benzene rings is 1. The number of aliphatic imine (C=N–C) groups is 1. The summed E-state index contributed by atoms with van der Waals surface area (Å²) in [6.45, 7) is 1.000. The molecule has 1 N–H and O–H groups in total. The summed E-state index contributed by atoms with van der Waals surface area (Å²) in [5.74, 6) is 0.931. The topological polar surface area (TPSA) is 24.4 Å². The third-order valence-corrected chi connectivity index (χ3v) is 5.16. The normalized spacial score (nSPS) is 23.6. The SMILES string of the molecule is CSc1cccc(NC2=NCC(C3CC3)S2)c1. The summed E-state index contributed by atoms with van der Waals surface area (Å²) >= 11 is 3.69. The maximum Gasteiger partial charge on any atom is 0.161 e. The molecule has 0 aromatic heterocycles. The van der Waals surface area contributed by atoms with Gasteiger partial charge < -0.3 is 5.32 Å². The first kappa shape index (κ1) is 11.5. The third-order valence-electron chi connectivity index (χ3n) is 3.15. The largest absolute Gasteiger partial charge is 0.335 e. The molecule has 1 atom stereocenters. The van der Waals surface area contributed by atoms with Crippen LogP contribution in [0, 0.1) is 5.92 Å². The average Bonchev–Trinajstić information content (AvgIpc) is 3.11. The number of hydrogen-bond donors (Lipinski definition) is 1. The van der Waals surface area contributed by atoms with Crippen molar-refractivity contribution in [2.24, 2.45) is 10.9 Å². The van der Waals surface area contributed by atoms with Gasteiger partial charge in [-0.05, 0) is 43.2 Å². The van der Waals surface area contributed by atoms with Crippen LogP contribution in [0.1, 0.15) is 12.8 Å². The van der Waals surface area contributed by atoms with Gasteiger partial charge in [-0.25, -0.2) is 0 Å². The summed E-state index contributed by atoms with van der Waals surface area (Å²) < 4.78 is 0. The second kappa shape index (κ2) is 4.94. The Balaban J connectivity index is 1.62. The summed E-state index contributed by atoms with van der Waals surface area (Å²) in [4.78, 5) is 5.88. The van der Waals surface area contributed by atoms with Crippen LogP contribution in [0.4, 0.5) is 5.69 Å². The zero-order chi connectivity index (χ0) is 11.7. The van der Waals surface area contributed by atoms with E-state index in [0.29, 0.717) is 0 Å². The second-order valence-corrected chi connectivity index (χ2v) is 6.60. The van der Waals surface area contributed by atoms with Gasteiger partial charge in [0.15, 0.2) is 5.17 Å². The lowest BCUT2D eigenvalue weighted by atomic mass is 10.3. The molecule has 0 saturated heterocycles. The molecule has 1 aliphatic carbocycles. The van der Waals surface area contributed by atoms with E-state index in [9.17, 15) is 0 Å². The lowest BCUT2D eigenvalue weighted by molar-refractivity contribution is 0.773. The summed E-state index contributed by atoms with van der Waals surface area (Å²) in [5, 5.41) is 5.26. The molecule has 0 radical (unpaired) electrons. The van der Waals surface area contributed by atoms with Crippen molar-refractivity contribution in [2.75, 3.05) is 18.1 Å². The molecular formula is C13H16N2S2. The molecule has 90 valence electrons. The van der Waals surface area contributed by atoms with Gasteiger partial charge in [0, 0.05) is 15.8 Å². The van der Waals surface area contributed by atoms with Crippen LogP contribution in [0.5, 0.6) is 0 Å². The molecule has 17 heavy (non-hydrogen) atoms. The standard InChI is InChI=1S/C13H16N2S2/c1-16-11-4-2-3-10(7-11)15-13-14-8-12(17-13)9-5-6-9/h2-4,7,9,12H,5-6,8H2,1H3,(H,14,15). The number of hydrogen-bond acceptors (Lipinski definition) is 4. The molecule has 1 saturated carbocycles. The monoisotopic (exact) mass is 264 g/mol. The third kappa shape index (κ3) is 2.80. The van der Waals surface area contributed by atoms with E-state index >= 15 is 0 Å². The molecule has 1 aliphatic heterocycles. The molecule has 1 aromatic carbocycles. The van der Waals surface area contributed by atoms with Crippen molar-refractivity contribution >= 4 is 34.4 Å². The molecule has 1 aromatic rings. The van der Waals surface area contributed by atoms with E-state index in [2.05, 4.69) is 40.8 Å². The molecule has 1 heterocycles. The Kier molecular flexibility index (Phi) is 3.34. The highest BCUT2D eigenvalue weighted by Crippen LogP contribution is 2.42. The average molecular weight is 264 g/mol. The van der Waals surface area contributed by atoms with Crippen LogP contribution in [-0.4, -0.2) is 23.2 Å². The Hall–Kier alpha value is -0.610. The number of anilines is 1. The number of nitrogens with zero attached hydrogens (tertiary/aromatic N) is 1. The molecule has 3 rings (SSSR count). The number of nitrogens with one attached hydrogen (secondary N) is 1. The van der Waals surface area contributed by atoms with Crippen molar-refractivity contribution in [3.05, 3.63) is 24.3 Å². The smallest absolute Gasteiger partial charge is 0.161 e. The first-order valence-electron chi connectivity index (χ1n) is 5.97. The van der Waals surface area contributed by atoms with Crippen LogP contribution in [0.3, 0.4) is 0 Å². The Labute approximate surface area is 111 Å². The second-order valence-electron chi connectivity index (χ2n) is 4.50. The van der Waals surface area contributed by atoms with Crippen molar-refractivity contribution in [1.82, 2.24) is 0 Å². The van der Waals surface area contributed by atoms with E-state index in [1.165, 1.54) is 17.7 Å². The quantitative estimate of drug-likeness (QED) is 0.842. The van der Waals surface area contributed by atoms with Crippen LogP contribution in [0.25, 0.3) is 0 Å². The minimum Gasteiger partial charge on any atom is -0.335 e. The summed E-state index contributed by atoms with van der Waals surface area (Å²) in [6, 6.07) is 8.50. The van der Waals surface area contributed by atoms with Crippen molar-refractivity contribution < 1.29 is 0 Å². The lowest BCUT2D eigenvalue weighted by Gasteiger charge is -2.08. The molecule has 2 nitrogen and oxygen atoms in total. The van der Waals surface area contributed by atoms with Crippen molar-refractivity contribution in [2.45, 2.75) is 23.0 Å². The minimum atomic E-state index is 0.737. The zero-order valence-corrected chi connectivity index (χ0v) is 11.5. The van der Waals surface area contributed by atoms with Crippen LogP contribution in [0.2, 0.25) is 0 Å². The Morgan fingerprint density at radius 2 is 2.29 bits per heavy atom. The minimum absolute atomic E-state index is 0.737. The summed E-state index contributed by atoms with van der Waals surface area (Å²) in [7, 11) is 0. The van der Waals surface area contributed by atoms with Gasteiger partial charge in [0.05, 0.1) is 6.54 Å². The van der Waals surface area contributed by atoms with E-state index < -0.39 is 0 Å². The number of rotatable bonds is 3. The Bertz CT molecular complexity index is 441. The fraction of sp³-hybridized carbons (Fsp3) is 0.462. The number of amidine groups is 1. The fourth-order valence-corrected chi connectivity index (χ4v) is 3.68. The van der Waals surface area contributed by atoms with Crippen LogP contribution >= 0.6 is 23.5 Å². The van der Waals surface area contributed by atoms with Crippen molar-refractivity contribution in [3.8, 4) is 0 Å². The fourth-order valence-electron chi connectivity index (χ4n) is 2.00. The van der Waals surface area contributed by atoms with Crippen LogP contribution in [0.15, 0.2) is 34.2 Å². The predicted octanol–water partition coefficient (Wildman–Crippen LogP) is 3.70. The van der Waals surface area contributed by atoms with E-state index in [1.54, 1.807) is 11.8 Å². The van der Waals surface area contributed by atoms with E-state index in [4.69, 9.17) is 0 Å². The van der Waals surface area contributed by atoms with Gasteiger partial charge in [-0.15, -0.1) is 11.8 Å². The highest BCUT2D eigenvalue weighted by atomic mass is 32.2. The van der Waals surface area contributed by atoms with Gasteiger partial charge >= 0.3 is 0 Å². The van der Waals surface area contributed by atoms with E-state index in [1.807, 2.05) is 11.8 Å². The van der Waals surface area contributed by atoms with Crippen molar-refractivity contribution in [3.63, 3.8) is 0 Å². The summed E-state index contributed by atoms with van der Waals surface area (Å²) in [6.07, 6.45) is 4.91. The lowest BCUT2D eigenvalue weighted by Crippen LogP contribution is -2.08. The predicted molar refractivity (Wildman–Crippen MR) is 78.3 cm³/mol. The molecule has 0 bridgehead atoms. The highest BCUT2D eigenvalue weighted by Gasteiger charge is 2.35. The molecular weight excluding hydrogens is 248 g/mol. The van der Waals surface area contributed by atoms with Gasteiger partial charge in [-0.1, -0.05) is 17.8 Å². The first-order valence-corrected chi connectivity index (χ1v) is 8.08. The van der Waals surface area contributed by atoms with E-state index in [0.717, 1.165) is 28.6 Å². The maximum absolute atomic E-state index is 4.59. The molecule has 0 spiro atoms. The molecule has 1 unspecified atom stereocenters. The highest BCUT2D eigenvalue weighted by molar-refractivity contribution is 8.15. The van der Waals surface area contributed by atoms with Crippen LogP contribution in [-0.2, 0) is 0 Å². The maximum atomic E-state index is 4.59. The Morgan fingerprint density at radius 3 is 3.06 bits per heavy atom. The Morgan fingerprint density at radius 1 is 1.41 bits per heavy atom. The van der Waals surface area contributed by atoms with Gasteiger partial charge in [0.2, 0.25) is 0 Å².